The lowest BCUT2D eigenvalue weighted by Crippen LogP contribution is -2.30. The molecule has 0 aromatic rings. The summed E-state index contributed by atoms with van der Waals surface area (Å²) in [6.07, 6.45) is 56.7. The highest BCUT2D eigenvalue weighted by Gasteiger charge is 2.19. The molecule has 0 amide bonds. The average molecular weight is 934 g/mol. The van der Waals surface area contributed by atoms with E-state index in [1.807, 2.05) is 0 Å². The van der Waals surface area contributed by atoms with E-state index in [1.165, 1.54) is 225 Å². The van der Waals surface area contributed by atoms with Crippen molar-refractivity contribution < 1.29 is 28.6 Å². The van der Waals surface area contributed by atoms with E-state index in [0.29, 0.717) is 19.3 Å². The Bertz CT molecular complexity index is 1010. The number of esters is 3. The molecule has 0 bridgehead atoms. The molecule has 0 aliphatic heterocycles. The van der Waals surface area contributed by atoms with Crippen LogP contribution in [-0.4, -0.2) is 37.2 Å². The largest absolute Gasteiger partial charge is 0.462 e. The van der Waals surface area contributed by atoms with Crippen LogP contribution in [0.25, 0.3) is 0 Å². The molecule has 0 N–H and O–H groups in total. The van der Waals surface area contributed by atoms with Gasteiger partial charge in [0.1, 0.15) is 13.2 Å². The summed E-state index contributed by atoms with van der Waals surface area (Å²) in [4.78, 5) is 38.1. The molecule has 0 spiro atoms. The molecule has 0 saturated carbocycles. The Labute approximate surface area is 412 Å². The van der Waals surface area contributed by atoms with Crippen LogP contribution in [0.5, 0.6) is 0 Å². The Balaban J connectivity index is 4.14. The smallest absolute Gasteiger partial charge is 0.306 e. The van der Waals surface area contributed by atoms with Crippen molar-refractivity contribution in [1.82, 2.24) is 0 Å². The zero-order chi connectivity index (χ0) is 48.2. The standard InChI is InChI=1S/C60H116O6/c1-6-8-9-10-11-28-37-42-47-52-60(63)66-57(54-65-59(62)51-46-41-36-32-27-23-19-18-20-24-29-33-38-43-48-55(3)4)53-64-58(61)50-45-40-35-31-26-22-17-15-13-12-14-16-21-25-30-34-39-44-49-56(5)7-2/h55-57H,6-54H2,1-5H3/t56?,57-/m1/s1. The van der Waals surface area contributed by atoms with Gasteiger partial charge in [0.2, 0.25) is 0 Å². The maximum absolute atomic E-state index is 12.8. The van der Waals surface area contributed by atoms with Crippen molar-refractivity contribution in [2.75, 3.05) is 13.2 Å². The Hall–Kier alpha value is -1.59. The van der Waals surface area contributed by atoms with Gasteiger partial charge >= 0.3 is 17.9 Å². The second-order valence-corrected chi connectivity index (χ2v) is 21.4. The van der Waals surface area contributed by atoms with Crippen molar-refractivity contribution in [3.63, 3.8) is 0 Å². The number of hydrogen-bond donors (Lipinski definition) is 0. The van der Waals surface area contributed by atoms with Crippen molar-refractivity contribution in [2.24, 2.45) is 11.8 Å². The Morgan fingerprint density at radius 1 is 0.318 bits per heavy atom. The van der Waals surface area contributed by atoms with Crippen molar-refractivity contribution in [1.29, 1.82) is 0 Å². The van der Waals surface area contributed by atoms with Crippen molar-refractivity contribution in [3.05, 3.63) is 0 Å². The summed E-state index contributed by atoms with van der Waals surface area (Å²) in [5.41, 5.74) is 0. The van der Waals surface area contributed by atoms with Crippen LogP contribution in [0.2, 0.25) is 0 Å². The van der Waals surface area contributed by atoms with Crippen LogP contribution in [0, 0.1) is 11.8 Å². The topological polar surface area (TPSA) is 78.9 Å². The van der Waals surface area contributed by atoms with E-state index in [2.05, 4.69) is 34.6 Å². The minimum absolute atomic E-state index is 0.0627. The lowest BCUT2D eigenvalue weighted by atomic mass is 9.99. The Morgan fingerprint density at radius 3 is 0.864 bits per heavy atom. The predicted octanol–water partition coefficient (Wildman–Crippen LogP) is 19.7. The van der Waals surface area contributed by atoms with Gasteiger partial charge in [0.25, 0.3) is 0 Å². The molecule has 392 valence electrons. The summed E-state index contributed by atoms with van der Waals surface area (Å²) in [7, 11) is 0. The Morgan fingerprint density at radius 2 is 0.576 bits per heavy atom. The maximum atomic E-state index is 12.8. The zero-order valence-electron chi connectivity index (χ0n) is 45.3. The molecule has 66 heavy (non-hydrogen) atoms. The van der Waals surface area contributed by atoms with Gasteiger partial charge in [-0.05, 0) is 31.1 Å². The molecule has 0 saturated heterocycles. The molecular formula is C60H116O6. The third-order valence-corrected chi connectivity index (χ3v) is 14.1. The number of rotatable bonds is 54. The molecule has 0 fully saturated rings. The number of carbonyl (C=O) groups is 3. The molecular weight excluding hydrogens is 817 g/mol. The number of unbranched alkanes of at least 4 members (excludes halogenated alkanes) is 38. The van der Waals surface area contributed by atoms with Crippen LogP contribution in [0.15, 0.2) is 0 Å². The van der Waals surface area contributed by atoms with Crippen molar-refractivity contribution in [3.8, 4) is 0 Å². The quantitative estimate of drug-likeness (QED) is 0.0343. The van der Waals surface area contributed by atoms with Crippen LogP contribution >= 0.6 is 0 Å². The first kappa shape index (κ1) is 64.4. The highest BCUT2D eigenvalue weighted by molar-refractivity contribution is 5.71. The predicted molar refractivity (Wildman–Crippen MR) is 284 cm³/mol. The lowest BCUT2D eigenvalue weighted by Gasteiger charge is -2.18. The third-order valence-electron chi connectivity index (χ3n) is 14.1. The van der Waals surface area contributed by atoms with E-state index in [1.54, 1.807) is 0 Å². The van der Waals surface area contributed by atoms with Gasteiger partial charge in [-0.1, -0.05) is 298 Å². The van der Waals surface area contributed by atoms with Crippen molar-refractivity contribution in [2.45, 2.75) is 343 Å². The van der Waals surface area contributed by atoms with E-state index in [9.17, 15) is 14.4 Å². The molecule has 0 aliphatic rings. The van der Waals surface area contributed by atoms with Crippen LogP contribution in [0.1, 0.15) is 336 Å². The molecule has 2 atom stereocenters. The molecule has 0 aliphatic carbocycles. The fourth-order valence-electron chi connectivity index (χ4n) is 9.20. The van der Waals surface area contributed by atoms with E-state index in [-0.39, 0.29) is 31.1 Å². The van der Waals surface area contributed by atoms with Gasteiger partial charge < -0.3 is 14.2 Å². The van der Waals surface area contributed by atoms with E-state index < -0.39 is 6.10 Å². The summed E-state index contributed by atoms with van der Waals surface area (Å²) in [6.45, 7) is 11.5. The van der Waals surface area contributed by atoms with Gasteiger partial charge in [-0.15, -0.1) is 0 Å². The van der Waals surface area contributed by atoms with Crippen molar-refractivity contribution >= 4 is 17.9 Å². The highest BCUT2D eigenvalue weighted by atomic mass is 16.6. The van der Waals surface area contributed by atoms with Crippen LogP contribution in [0.3, 0.4) is 0 Å². The van der Waals surface area contributed by atoms with Crippen LogP contribution < -0.4 is 0 Å². The molecule has 0 radical (unpaired) electrons. The molecule has 0 heterocycles. The number of hydrogen-bond acceptors (Lipinski definition) is 6. The summed E-state index contributed by atoms with van der Waals surface area (Å²) >= 11 is 0. The fourth-order valence-corrected chi connectivity index (χ4v) is 9.20. The first-order valence-electron chi connectivity index (χ1n) is 29.8. The van der Waals surface area contributed by atoms with Gasteiger partial charge in [-0.2, -0.15) is 0 Å². The Kier molecular flexibility index (Phi) is 51.5. The third kappa shape index (κ3) is 51.8. The average Bonchev–Trinajstić information content (AvgIpc) is 3.30. The van der Waals surface area contributed by atoms with Gasteiger partial charge in [0.15, 0.2) is 6.10 Å². The summed E-state index contributed by atoms with van der Waals surface area (Å²) in [6, 6.07) is 0. The summed E-state index contributed by atoms with van der Waals surface area (Å²) in [5, 5.41) is 0. The minimum atomic E-state index is -0.761. The highest BCUT2D eigenvalue weighted by Crippen LogP contribution is 2.19. The molecule has 6 heteroatoms. The summed E-state index contributed by atoms with van der Waals surface area (Å²) < 4.78 is 16.9. The van der Waals surface area contributed by atoms with E-state index >= 15 is 0 Å². The minimum Gasteiger partial charge on any atom is -0.462 e. The van der Waals surface area contributed by atoms with Gasteiger partial charge in [0.05, 0.1) is 0 Å². The van der Waals surface area contributed by atoms with Crippen LogP contribution in [0.4, 0.5) is 0 Å². The summed E-state index contributed by atoms with van der Waals surface area (Å²) in [5.74, 6) is 0.914. The van der Waals surface area contributed by atoms with Crippen LogP contribution in [-0.2, 0) is 28.6 Å². The van der Waals surface area contributed by atoms with Gasteiger partial charge in [0, 0.05) is 19.3 Å². The lowest BCUT2D eigenvalue weighted by molar-refractivity contribution is -0.167. The first-order valence-corrected chi connectivity index (χ1v) is 29.8. The normalized spacial score (nSPS) is 12.5. The molecule has 0 rings (SSSR count). The second kappa shape index (κ2) is 52.8. The fraction of sp³-hybridized carbons (Fsp3) is 0.950. The van der Waals surface area contributed by atoms with E-state index in [4.69, 9.17) is 14.2 Å². The second-order valence-electron chi connectivity index (χ2n) is 21.4. The SMILES string of the molecule is CCCCCCCCCCCC(=O)O[C@H](COC(=O)CCCCCCCCCCCCCCCCCCCCC(C)CC)COC(=O)CCCCCCCCCCCCCCCCC(C)C. The number of ether oxygens (including phenoxy) is 3. The zero-order valence-corrected chi connectivity index (χ0v) is 45.3. The monoisotopic (exact) mass is 933 g/mol. The molecule has 1 unspecified atom stereocenters. The van der Waals surface area contributed by atoms with Gasteiger partial charge in [-0.3, -0.25) is 14.4 Å². The molecule has 0 aromatic carbocycles. The van der Waals surface area contributed by atoms with E-state index in [0.717, 1.165) is 69.6 Å². The molecule has 6 nitrogen and oxygen atoms in total. The molecule has 0 aromatic heterocycles. The van der Waals surface area contributed by atoms with Gasteiger partial charge in [-0.25, -0.2) is 0 Å². The maximum Gasteiger partial charge on any atom is 0.306 e. The number of carbonyl (C=O) groups excluding carboxylic acids is 3. The first-order chi connectivity index (χ1) is 32.3.